The van der Waals surface area contributed by atoms with Crippen molar-refractivity contribution in [2.24, 2.45) is 11.1 Å². The number of carbonyl (C=O) groups excluding carboxylic acids is 2. The highest BCUT2D eigenvalue weighted by Gasteiger charge is 2.24. The second kappa shape index (κ2) is 13.0. The van der Waals surface area contributed by atoms with Gasteiger partial charge in [0.1, 0.15) is 11.6 Å². The van der Waals surface area contributed by atoms with Crippen LogP contribution < -0.4 is 16.4 Å². The van der Waals surface area contributed by atoms with Crippen molar-refractivity contribution in [1.82, 2.24) is 10.6 Å². The molecule has 2 amide bonds. The van der Waals surface area contributed by atoms with Gasteiger partial charge in [-0.25, -0.2) is 9.59 Å². The molecule has 0 bridgehead atoms. The summed E-state index contributed by atoms with van der Waals surface area (Å²) in [4.78, 5) is 34.3. The van der Waals surface area contributed by atoms with Crippen LogP contribution in [-0.4, -0.2) is 52.4 Å². The normalized spacial score (nSPS) is 16.1. The van der Waals surface area contributed by atoms with E-state index in [-0.39, 0.29) is 17.5 Å². The molecule has 0 heterocycles. The van der Waals surface area contributed by atoms with Crippen LogP contribution in [0.5, 0.6) is 0 Å². The Morgan fingerprint density at radius 3 is 2.03 bits per heavy atom. The summed E-state index contributed by atoms with van der Waals surface area (Å²) in [7, 11) is 0. The summed E-state index contributed by atoms with van der Waals surface area (Å²) in [6.45, 7) is 10.4. The largest absolute Gasteiger partial charge is 0.480 e. The topological polar surface area (TPSA) is 131 Å². The first kappa shape index (κ1) is 27.5. The third kappa shape index (κ3) is 15.1. The third-order valence-electron chi connectivity index (χ3n) is 3.94. The Morgan fingerprint density at radius 1 is 1.10 bits per heavy atom. The zero-order valence-corrected chi connectivity index (χ0v) is 19.5. The maximum absolute atomic E-state index is 11.6. The van der Waals surface area contributed by atoms with Gasteiger partial charge in [-0.15, -0.1) is 11.8 Å². The van der Waals surface area contributed by atoms with E-state index in [1.54, 1.807) is 41.5 Å². The monoisotopic (exact) mass is 433 g/mol. The van der Waals surface area contributed by atoms with Crippen LogP contribution in [0, 0.1) is 5.41 Å². The molecule has 8 nitrogen and oxygen atoms in total. The Bertz CT molecular complexity index is 523. The molecule has 170 valence electrons. The first-order valence-electron chi connectivity index (χ1n) is 10.1. The number of hydrogen-bond acceptors (Lipinski definition) is 6. The van der Waals surface area contributed by atoms with Gasteiger partial charge < -0.3 is 26.2 Å². The number of nitrogens with one attached hydrogen (secondary N) is 2. The number of carboxylic acids is 1. The number of amides is 2. The Hall–Kier alpha value is -1.48. The van der Waals surface area contributed by atoms with Crippen LogP contribution in [0.1, 0.15) is 73.6 Å². The molecule has 0 aromatic heterocycles. The second-order valence-corrected chi connectivity index (χ2v) is 10.2. The maximum atomic E-state index is 11.6. The summed E-state index contributed by atoms with van der Waals surface area (Å²) in [5, 5.41) is 14.1. The lowest BCUT2D eigenvalue weighted by Gasteiger charge is -2.22. The molecule has 0 spiro atoms. The Labute approximate surface area is 179 Å². The van der Waals surface area contributed by atoms with Crippen LogP contribution >= 0.6 is 11.8 Å². The van der Waals surface area contributed by atoms with Crippen molar-refractivity contribution >= 4 is 29.7 Å². The number of carboxylic acid groups (broad SMARTS) is 1. The van der Waals surface area contributed by atoms with Gasteiger partial charge >= 0.3 is 12.1 Å². The molecule has 1 saturated carbocycles. The van der Waals surface area contributed by atoms with E-state index in [0.717, 1.165) is 0 Å². The van der Waals surface area contributed by atoms with E-state index in [9.17, 15) is 14.4 Å². The Morgan fingerprint density at radius 2 is 1.66 bits per heavy atom. The van der Waals surface area contributed by atoms with Crippen molar-refractivity contribution in [2.75, 3.05) is 11.6 Å². The minimum absolute atomic E-state index is 0.119. The molecule has 5 N–H and O–H groups in total. The number of carbonyl (C=O) groups is 3. The molecule has 1 rings (SSSR count). The number of thioether (sulfide) groups is 1. The maximum Gasteiger partial charge on any atom is 0.408 e. The van der Waals surface area contributed by atoms with Crippen molar-refractivity contribution < 1.29 is 24.2 Å². The van der Waals surface area contributed by atoms with E-state index in [1.165, 1.54) is 43.9 Å². The van der Waals surface area contributed by atoms with Crippen LogP contribution in [-0.2, 0) is 14.3 Å². The highest BCUT2D eigenvalue weighted by atomic mass is 32.2. The van der Waals surface area contributed by atoms with Crippen LogP contribution in [0.3, 0.4) is 0 Å². The number of alkyl carbamates (subject to hydrolysis) is 1. The molecule has 0 saturated heterocycles. The average molecular weight is 434 g/mol. The third-order valence-corrected chi connectivity index (χ3v) is 4.86. The number of nitrogens with two attached hydrogens (primary N) is 1. The highest BCUT2D eigenvalue weighted by molar-refractivity contribution is 7.99. The average Bonchev–Trinajstić information content (AvgIpc) is 2.56. The van der Waals surface area contributed by atoms with Crippen LogP contribution in [0.15, 0.2) is 0 Å². The quantitative estimate of drug-likeness (QED) is 0.374. The predicted molar refractivity (Wildman–Crippen MR) is 117 cm³/mol. The summed E-state index contributed by atoms with van der Waals surface area (Å²) in [5.74, 6) is -0.873. The molecule has 0 aliphatic heterocycles. The summed E-state index contributed by atoms with van der Waals surface area (Å²) in [6.07, 6.45) is 5.88. The van der Waals surface area contributed by atoms with Gasteiger partial charge in [0.05, 0.1) is 5.88 Å². The fourth-order valence-electron chi connectivity index (χ4n) is 2.32. The van der Waals surface area contributed by atoms with Crippen LogP contribution in [0.2, 0.25) is 0 Å². The molecule has 0 radical (unpaired) electrons. The Balaban J connectivity index is 0.000000929. The zero-order chi connectivity index (χ0) is 22.7. The van der Waals surface area contributed by atoms with Crippen molar-refractivity contribution in [3.8, 4) is 0 Å². The summed E-state index contributed by atoms with van der Waals surface area (Å²) >= 11 is 1.21. The van der Waals surface area contributed by atoms with Crippen molar-refractivity contribution in [2.45, 2.75) is 91.3 Å². The van der Waals surface area contributed by atoms with Crippen LogP contribution in [0.25, 0.3) is 0 Å². The molecule has 0 aromatic rings. The Kier molecular flexibility index (Phi) is 12.3. The van der Waals surface area contributed by atoms with Crippen molar-refractivity contribution in [3.05, 3.63) is 0 Å². The summed E-state index contributed by atoms with van der Waals surface area (Å²) in [5.41, 5.74) is 4.44. The number of hydrogen-bond donors (Lipinski definition) is 4. The van der Waals surface area contributed by atoms with Gasteiger partial charge in [0.25, 0.3) is 0 Å². The van der Waals surface area contributed by atoms with Gasteiger partial charge in [-0.1, -0.05) is 40.0 Å². The van der Waals surface area contributed by atoms with Gasteiger partial charge in [-0.2, -0.15) is 0 Å². The fourth-order valence-corrected chi connectivity index (χ4v) is 3.13. The molecule has 0 unspecified atom stereocenters. The van der Waals surface area contributed by atoms with Gasteiger partial charge in [-0.05, 0) is 33.6 Å². The van der Waals surface area contributed by atoms with E-state index in [4.69, 9.17) is 15.6 Å². The molecule has 1 fully saturated rings. The van der Waals surface area contributed by atoms with Gasteiger partial charge in [-0.3, -0.25) is 4.79 Å². The molecule has 29 heavy (non-hydrogen) atoms. The van der Waals surface area contributed by atoms with E-state index in [1.807, 2.05) is 0 Å². The minimum atomic E-state index is -1.15. The lowest BCUT2D eigenvalue weighted by Crippen LogP contribution is -2.45. The fraction of sp³-hybridized carbons (Fsp3) is 0.850. The van der Waals surface area contributed by atoms with Crippen molar-refractivity contribution in [3.63, 3.8) is 0 Å². The molecular formula is C20H39N3O5S. The number of ether oxygens (including phenoxy) is 1. The second-order valence-electron chi connectivity index (χ2n) is 9.21. The zero-order valence-electron chi connectivity index (χ0n) is 18.7. The predicted octanol–water partition coefficient (Wildman–Crippen LogP) is 3.10. The first-order chi connectivity index (χ1) is 13.2. The van der Waals surface area contributed by atoms with Crippen molar-refractivity contribution in [1.29, 1.82) is 0 Å². The molecular weight excluding hydrogens is 394 g/mol. The van der Waals surface area contributed by atoms with E-state index >= 15 is 0 Å². The van der Waals surface area contributed by atoms with E-state index in [2.05, 4.69) is 10.6 Å². The number of rotatable bonds is 6. The molecule has 0 aromatic carbocycles. The first-order valence-corrected chi connectivity index (χ1v) is 11.2. The molecule has 9 heteroatoms. The molecule has 1 aliphatic rings. The van der Waals surface area contributed by atoms with Gasteiger partial charge in [0, 0.05) is 17.2 Å². The highest BCUT2D eigenvalue weighted by Crippen LogP contribution is 2.15. The molecule has 1 aliphatic carbocycles. The van der Waals surface area contributed by atoms with Gasteiger partial charge in [0.2, 0.25) is 5.91 Å². The van der Waals surface area contributed by atoms with Crippen LogP contribution in [0.4, 0.5) is 4.79 Å². The molecule has 1 atom stereocenters. The SMILES string of the molecule is CC(C)(C)OC(=O)N[C@@H](CSCNC(=O)C(C)(C)C)C(=O)O.NC1CCCCC1. The van der Waals surface area contributed by atoms with Gasteiger partial charge in [0.15, 0.2) is 0 Å². The lowest BCUT2D eigenvalue weighted by atomic mass is 9.96. The number of aliphatic carboxylic acids is 1. The summed E-state index contributed by atoms with van der Waals surface area (Å²) in [6, 6.07) is -0.542. The summed E-state index contributed by atoms with van der Waals surface area (Å²) < 4.78 is 5.02. The standard InChI is InChI=1S/C14H26N2O5S.C6H13N/c1-13(2,3)11(19)15-8-22-7-9(10(17)18)16-12(20)21-14(4,5)6;7-6-4-2-1-3-5-6/h9H,7-8H2,1-6H3,(H,15,19)(H,16,20)(H,17,18);6H,1-5,7H2/t9-;/m0./s1. The lowest BCUT2D eigenvalue weighted by molar-refractivity contribution is -0.138. The smallest absolute Gasteiger partial charge is 0.408 e. The minimum Gasteiger partial charge on any atom is -0.480 e. The van der Waals surface area contributed by atoms with E-state index < -0.39 is 29.1 Å². The van der Waals surface area contributed by atoms with E-state index in [0.29, 0.717) is 6.04 Å².